The number of rotatable bonds is 3. The van der Waals surface area contributed by atoms with Crippen molar-refractivity contribution in [1.82, 2.24) is 10.6 Å². The Kier molecular flexibility index (Phi) is 3.83. The molecule has 0 saturated heterocycles. The highest BCUT2D eigenvalue weighted by Gasteiger charge is 2.12. The normalized spacial score (nSPS) is 14.8. The van der Waals surface area contributed by atoms with Gasteiger partial charge in [-0.15, -0.1) is 0 Å². The molecule has 0 atom stereocenters. The molecule has 2 aromatic rings. The molecule has 1 aromatic heterocycles. The van der Waals surface area contributed by atoms with E-state index in [1.165, 1.54) is 11.6 Å². The molecular formula is C16H16N2O3. The zero-order chi connectivity index (χ0) is 14.7. The lowest BCUT2D eigenvalue weighted by Gasteiger charge is -2.14. The summed E-state index contributed by atoms with van der Waals surface area (Å²) < 4.78 is 5.50. The summed E-state index contributed by atoms with van der Waals surface area (Å²) in [6.07, 6.45) is 2.99. The number of carbonyl (C=O) groups excluding carboxylic acids is 1. The van der Waals surface area contributed by atoms with Gasteiger partial charge >= 0.3 is 0 Å². The van der Waals surface area contributed by atoms with Gasteiger partial charge in [0.05, 0.1) is 5.39 Å². The standard InChI is InChI=1S/C16H16N2O3/c19-13-9-15(21-14-4-2-1-3-12(13)14)16(20)18-10-11-5-7-17-8-6-11/h1-5,9,17H,6-8,10H2,(H,18,20). The molecule has 0 aliphatic carbocycles. The van der Waals surface area contributed by atoms with Crippen molar-refractivity contribution < 1.29 is 9.21 Å². The van der Waals surface area contributed by atoms with Crippen molar-refractivity contribution in [2.45, 2.75) is 6.42 Å². The molecule has 0 saturated carbocycles. The third-order valence-electron chi connectivity index (χ3n) is 3.49. The van der Waals surface area contributed by atoms with Crippen molar-refractivity contribution in [1.29, 1.82) is 0 Å². The SMILES string of the molecule is O=C(NCC1=CCNCC1)c1cc(=O)c2ccccc2o1. The molecule has 0 spiro atoms. The van der Waals surface area contributed by atoms with Gasteiger partial charge in [-0.05, 0) is 25.1 Å². The van der Waals surface area contributed by atoms with Crippen LogP contribution >= 0.6 is 0 Å². The van der Waals surface area contributed by atoms with Gasteiger partial charge in [0, 0.05) is 19.2 Å². The Labute approximate surface area is 121 Å². The Morgan fingerprint density at radius 3 is 3.00 bits per heavy atom. The maximum Gasteiger partial charge on any atom is 0.287 e. The fourth-order valence-corrected chi connectivity index (χ4v) is 2.33. The minimum absolute atomic E-state index is 0.0493. The Morgan fingerprint density at radius 1 is 1.33 bits per heavy atom. The van der Waals surface area contributed by atoms with E-state index in [1.807, 2.05) is 0 Å². The molecule has 1 aliphatic heterocycles. The molecule has 2 N–H and O–H groups in total. The van der Waals surface area contributed by atoms with Crippen LogP contribution in [0.15, 0.2) is 51.2 Å². The van der Waals surface area contributed by atoms with Gasteiger partial charge in [-0.3, -0.25) is 9.59 Å². The van der Waals surface area contributed by atoms with Crippen LogP contribution in [0.3, 0.4) is 0 Å². The molecule has 0 fully saturated rings. The van der Waals surface area contributed by atoms with Crippen LogP contribution in [0.5, 0.6) is 0 Å². The van der Waals surface area contributed by atoms with Crippen LogP contribution in [-0.4, -0.2) is 25.5 Å². The number of hydrogen-bond donors (Lipinski definition) is 2. The topological polar surface area (TPSA) is 71.3 Å². The van der Waals surface area contributed by atoms with Crippen LogP contribution in [0.2, 0.25) is 0 Å². The van der Waals surface area contributed by atoms with Crippen molar-refractivity contribution >= 4 is 16.9 Å². The second-order valence-corrected chi connectivity index (χ2v) is 4.97. The molecule has 5 heteroatoms. The highest BCUT2D eigenvalue weighted by atomic mass is 16.3. The van der Waals surface area contributed by atoms with E-state index in [-0.39, 0.29) is 17.1 Å². The van der Waals surface area contributed by atoms with Crippen molar-refractivity contribution in [3.8, 4) is 0 Å². The fraction of sp³-hybridized carbons (Fsp3) is 0.250. The van der Waals surface area contributed by atoms with Crippen molar-refractivity contribution in [2.75, 3.05) is 19.6 Å². The highest BCUT2D eigenvalue weighted by Crippen LogP contribution is 2.11. The number of nitrogens with one attached hydrogen (secondary N) is 2. The summed E-state index contributed by atoms with van der Waals surface area (Å²) in [6, 6.07) is 8.15. The minimum atomic E-state index is -0.364. The van der Waals surface area contributed by atoms with Gasteiger partial charge in [0.1, 0.15) is 5.58 Å². The lowest BCUT2D eigenvalue weighted by Crippen LogP contribution is -2.30. The molecule has 108 valence electrons. The van der Waals surface area contributed by atoms with Crippen molar-refractivity contribution in [2.24, 2.45) is 0 Å². The third-order valence-corrected chi connectivity index (χ3v) is 3.49. The average molecular weight is 284 g/mol. The molecule has 0 bridgehead atoms. The second kappa shape index (κ2) is 5.93. The van der Waals surface area contributed by atoms with Gasteiger partial charge in [-0.2, -0.15) is 0 Å². The van der Waals surface area contributed by atoms with Crippen molar-refractivity contribution in [3.63, 3.8) is 0 Å². The van der Waals surface area contributed by atoms with E-state index in [0.29, 0.717) is 17.5 Å². The molecule has 3 rings (SSSR count). The van der Waals surface area contributed by atoms with Crippen LogP contribution in [0.4, 0.5) is 0 Å². The van der Waals surface area contributed by atoms with E-state index in [9.17, 15) is 9.59 Å². The summed E-state index contributed by atoms with van der Waals surface area (Å²) in [5, 5.41) is 6.49. The molecule has 2 heterocycles. The van der Waals surface area contributed by atoms with Crippen LogP contribution < -0.4 is 16.1 Å². The van der Waals surface area contributed by atoms with E-state index in [2.05, 4.69) is 16.7 Å². The second-order valence-electron chi connectivity index (χ2n) is 4.97. The van der Waals surface area contributed by atoms with Gasteiger partial charge in [-0.25, -0.2) is 0 Å². The number of benzene rings is 1. The zero-order valence-corrected chi connectivity index (χ0v) is 11.5. The first-order chi connectivity index (χ1) is 10.2. The molecule has 1 amide bonds. The monoisotopic (exact) mass is 284 g/mol. The maximum absolute atomic E-state index is 12.1. The summed E-state index contributed by atoms with van der Waals surface area (Å²) in [5.41, 5.74) is 1.41. The van der Waals surface area contributed by atoms with Crippen molar-refractivity contribution in [3.05, 3.63) is 58.0 Å². The Bertz CT molecular complexity index is 761. The molecule has 21 heavy (non-hydrogen) atoms. The van der Waals surface area contributed by atoms with Crippen LogP contribution in [0.25, 0.3) is 11.0 Å². The first kappa shape index (κ1) is 13.6. The Hall–Kier alpha value is -2.40. The summed E-state index contributed by atoms with van der Waals surface area (Å²) in [5.74, 6) is -0.314. The van der Waals surface area contributed by atoms with Gasteiger partial charge in [0.2, 0.25) is 0 Å². The first-order valence-electron chi connectivity index (χ1n) is 6.94. The van der Waals surface area contributed by atoms with E-state index in [4.69, 9.17) is 4.42 Å². The van der Waals surface area contributed by atoms with E-state index in [1.54, 1.807) is 24.3 Å². The lowest BCUT2D eigenvalue weighted by atomic mass is 10.1. The van der Waals surface area contributed by atoms with Crippen LogP contribution in [0.1, 0.15) is 17.0 Å². The molecule has 1 aromatic carbocycles. The first-order valence-corrected chi connectivity index (χ1v) is 6.94. The summed E-state index contributed by atoms with van der Waals surface area (Å²) in [6.45, 7) is 2.24. The summed E-state index contributed by atoms with van der Waals surface area (Å²) in [7, 11) is 0. The molecule has 1 aliphatic rings. The van der Waals surface area contributed by atoms with Crippen LogP contribution in [-0.2, 0) is 0 Å². The van der Waals surface area contributed by atoms with E-state index >= 15 is 0 Å². The molecule has 5 nitrogen and oxygen atoms in total. The Morgan fingerprint density at radius 2 is 2.19 bits per heavy atom. The number of para-hydroxylation sites is 1. The van der Waals surface area contributed by atoms with E-state index in [0.717, 1.165) is 19.5 Å². The van der Waals surface area contributed by atoms with Gasteiger partial charge < -0.3 is 15.1 Å². The maximum atomic E-state index is 12.1. The predicted octanol–water partition coefficient (Wildman–Crippen LogP) is 1.44. The number of amides is 1. The Balaban J connectivity index is 1.78. The average Bonchev–Trinajstić information content (AvgIpc) is 2.53. The highest BCUT2D eigenvalue weighted by molar-refractivity contribution is 5.93. The van der Waals surface area contributed by atoms with Gasteiger partial charge in [0.25, 0.3) is 5.91 Å². The van der Waals surface area contributed by atoms with Gasteiger partial charge in [0.15, 0.2) is 11.2 Å². The summed E-state index contributed by atoms with van der Waals surface area (Å²) in [4.78, 5) is 24.0. The smallest absolute Gasteiger partial charge is 0.287 e. The summed E-state index contributed by atoms with van der Waals surface area (Å²) >= 11 is 0. The molecule has 0 radical (unpaired) electrons. The largest absolute Gasteiger partial charge is 0.451 e. The third kappa shape index (κ3) is 3.03. The van der Waals surface area contributed by atoms with Gasteiger partial charge in [-0.1, -0.05) is 23.8 Å². The fourth-order valence-electron chi connectivity index (χ4n) is 2.33. The predicted molar refractivity (Wildman–Crippen MR) is 80.4 cm³/mol. The minimum Gasteiger partial charge on any atom is -0.451 e. The number of carbonyl (C=O) groups is 1. The number of fused-ring (bicyclic) bond motifs is 1. The van der Waals surface area contributed by atoms with E-state index < -0.39 is 0 Å². The number of hydrogen-bond acceptors (Lipinski definition) is 4. The van der Waals surface area contributed by atoms with Crippen LogP contribution in [0, 0.1) is 0 Å². The quantitative estimate of drug-likeness (QED) is 0.837. The lowest BCUT2D eigenvalue weighted by molar-refractivity contribution is 0.0929. The molecular weight excluding hydrogens is 268 g/mol. The zero-order valence-electron chi connectivity index (χ0n) is 11.5. The molecule has 0 unspecified atom stereocenters.